The molecule has 0 aliphatic carbocycles. The summed E-state index contributed by atoms with van der Waals surface area (Å²) in [5.41, 5.74) is 7.25. The molecular weight excluding hydrogens is 260 g/mol. The number of rotatable bonds is 3. The highest BCUT2D eigenvalue weighted by Gasteiger charge is 2.12. The molecule has 98 valence electrons. The number of nitrogens with two attached hydrogens (primary N) is 1. The monoisotopic (exact) mass is 274 g/mol. The third-order valence-electron chi connectivity index (χ3n) is 2.95. The summed E-state index contributed by atoms with van der Waals surface area (Å²) in [7, 11) is 3.28. The minimum atomic E-state index is -0.212. The molecule has 0 spiro atoms. The molecule has 0 aliphatic heterocycles. The summed E-state index contributed by atoms with van der Waals surface area (Å²) < 4.78 is 6.83. The zero-order chi connectivity index (χ0) is 14.0. The number of methoxy groups -OCH3 is 1. The first-order chi connectivity index (χ1) is 9.06. The lowest BCUT2D eigenvalue weighted by atomic mass is 10.1. The Hall–Kier alpha value is -2.14. The second-order valence-corrected chi connectivity index (χ2v) is 4.50. The van der Waals surface area contributed by atoms with Crippen LogP contribution in [0.3, 0.4) is 0 Å². The maximum Gasteiger partial charge on any atom is 0.261 e. The van der Waals surface area contributed by atoms with E-state index >= 15 is 0 Å². The van der Waals surface area contributed by atoms with Gasteiger partial charge in [-0.2, -0.15) is 0 Å². The molecular formula is C14H14N2O2S. The fourth-order valence-corrected chi connectivity index (χ4v) is 2.11. The van der Waals surface area contributed by atoms with E-state index in [0.717, 1.165) is 11.3 Å². The molecule has 2 aromatic rings. The third kappa shape index (κ3) is 2.37. The molecule has 0 bridgehead atoms. The maximum absolute atomic E-state index is 12.2. The molecule has 19 heavy (non-hydrogen) atoms. The van der Waals surface area contributed by atoms with Crippen LogP contribution in [0.25, 0.3) is 11.3 Å². The van der Waals surface area contributed by atoms with Crippen LogP contribution in [0.4, 0.5) is 0 Å². The van der Waals surface area contributed by atoms with Gasteiger partial charge in [-0.05, 0) is 24.3 Å². The van der Waals surface area contributed by atoms with E-state index in [1.54, 1.807) is 20.2 Å². The summed E-state index contributed by atoms with van der Waals surface area (Å²) in [6.07, 6.45) is 0. The average molecular weight is 274 g/mol. The Morgan fingerprint density at radius 1 is 1.26 bits per heavy atom. The van der Waals surface area contributed by atoms with Crippen LogP contribution in [-0.2, 0) is 7.05 Å². The van der Waals surface area contributed by atoms with Crippen molar-refractivity contribution in [3.63, 3.8) is 0 Å². The molecule has 2 N–H and O–H groups in total. The molecule has 0 aliphatic rings. The number of hydrogen-bond acceptors (Lipinski definition) is 3. The minimum Gasteiger partial charge on any atom is -0.496 e. The molecule has 0 radical (unpaired) electrons. The third-order valence-corrected chi connectivity index (χ3v) is 3.17. The van der Waals surface area contributed by atoms with Crippen molar-refractivity contribution < 1.29 is 4.74 Å². The van der Waals surface area contributed by atoms with E-state index in [1.165, 1.54) is 4.57 Å². The quantitative estimate of drug-likeness (QED) is 0.865. The Bertz CT molecular complexity index is 692. The van der Waals surface area contributed by atoms with Crippen LogP contribution in [0, 0.1) is 0 Å². The molecule has 1 heterocycles. The van der Waals surface area contributed by atoms with Crippen molar-refractivity contribution in [2.75, 3.05) is 7.11 Å². The predicted molar refractivity (Wildman–Crippen MR) is 79.6 cm³/mol. The molecule has 0 amide bonds. The summed E-state index contributed by atoms with van der Waals surface area (Å²) in [5.74, 6) is 0.709. The maximum atomic E-state index is 12.2. The Balaban J connectivity index is 2.68. The first kappa shape index (κ1) is 13.3. The molecule has 0 saturated carbocycles. The summed E-state index contributed by atoms with van der Waals surface area (Å²) >= 11 is 4.86. The molecule has 0 fully saturated rings. The van der Waals surface area contributed by atoms with Gasteiger partial charge in [-0.15, -0.1) is 0 Å². The smallest absolute Gasteiger partial charge is 0.261 e. The van der Waals surface area contributed by atoms with Gasteiger partial charge < -0.3 is 15.0 Å². The Kier molecular flexibility index (Phi) is 3.66. The molecule has 1 aromatic heterocycles. The van der Waals surface area contributed by atoms with Gasteiger partial charge in [0, 0.05) is 12.6 Å². The molecule has 5 heteroatoms. The van der Waals surface area contributed by atoms with Crippen molar-refractivity contribution in [2.24, 2.45) is 12.8 Å². The van der Waals surface area contributed by atoms with Crippen LogP contribution in [0.2, 0.25) is 0 Å². The Morgan fingerprint density at radius 2 is 1.95 bits per heavy atom. The zero-order valence-electron chi connectivity index (χ0n) is 10.7. The largest absolute Gasteiger partial charge is 0.496 e. The van der Waals surface area contributed by atoms with Crippen molar-refractivity contribution in [1.82, 2.24) is 4.57 Å². The fourth-order valence-electron chi connectivity index (χ4n) is 1.95. The van der Waals surface area contributed by atoms with Crippen LogP contribution in [0.1, 0.15) is 5.56 Å². The van der Waals surface area contributed by atoms with Crippen LogP contribution in [0.5, 0.6) is 5.75 Å². The molecule has 0 saturated heterocycles. The predicted octanol–water partition coefficient (Wildman–Crippen LogP) is 1.70. The highest BCUT2D eigenvalue weighted by Crippen LogP contribution is 2.28. The molecule has 0 unspecified atom stereocenters. The van der Waals surface area contributed by atoms with Gasteiger partial charge in [-0.3, -0.25) is 4.79 Å². The Labute approximate surface area is 116 Å². The Morgan fingerprint density at radius 3 is 2.58 bits per heavy atom. The molecule has 4 nitrogen and oxygen atoms in total. The van der Waals surface area contributed by atoms with Gasteiger partial charge in [0.15, 0.2) is 0 Å². The van der Waals surface area contributed by atoms with Gasteiger partial charge >= 0.3 is 0 Å². The lowest BCUT2D eigenvalue weighted by Crippen LogP contribution is -2.28. The van der Waals surface area contributed by atoms with Crippen LogP contribution in [-0.4, -0.2) is 16.7 Å². The number of nitrogens with zero attached hydrogens (tertiary/aromatic N) is 1. The number of para-hydroxylation sites is 1. The van der Waals surface area contributed by atoms with E-state index in [4.69, 9.17) is 22.7 Å². The topological polar surface area (TPSA) is 57.2 Å². The van der Waals surface area contributed by atoms with Crippen molar-refractivity contribution >= 4 is 17.2 Å². The van der Waals surface area contributed by atoms with E-state index in [2.05, 4.69) is 0 Å². The van der Waals surface area contributed by atoms with E-state index in [-0.39, 0.29) is 10.5 Å². The van der Waals surface area contributed by atoms with E-state index < -0.39 is 0 Å². The zero-order valence-corrected chi connectivity index (χ0v) is 11.5. The lowest BCUT2D eigenvalue weighted by molar-refractivity contribution is 0.416. The standard InChI is InChI=1S/C14H14N2O2S/c1-16-11(8-7-10(13(15)19)14(16)17)9-5-3-4-6-12(9)18-2/h3-8H,1-2H3,(H2,15,19). The van der Waals surface area contributed by atoms with E-state index in [9.17, 15) is 4.79 Å². The van der Waals surface area contributed by atoms with Gasteiger partial charge in [0.05, 0.1) is 18.4 Å². The number of thiocarbonyl (C=S) groups is 1. The summed E-state index contributed by atoms with van der Waals surface area (Å²) in [6.45, 7) is 0. The number of pyridine rings is 1. The van der Waals surface area contributed by atoms with Crippen molar-refractivity contribution in [3.05, 3.63) is 52.3 Å². The van der Waals surface area contributed by atoms with Crippen LogP contribution in [0.15, 0.2) is 41.2 Å². The summed E-state index contributed by atoms with van der Waals surface area (Å²) in [6, 6.07) is 11.0. The van der Waals surface area contributed by atoms with Gasteiger partial charge in [0.25, 0.3) is 5.56 Å². The van der Waals surface area contributed by atoms with Gasteiger partial charge in [-0.1, -0.05) is 24.4 Å². The summed E-state index contributed by atoms with van der Waals surface area (Å²) in [4.78, 5) is 12.3. The van der Waals surface area contributed by atoms with E-state index in [0.29, 0.717) is 11.3 Å². The number of aromatic nitrogens is 1. The van der Waals surface area contributed by atoms with Crippen LogP contribution >= 0.6 is 12.2 Å². The molecule has 0 atom stereocenters. The first-order valence-electron chi connectivity index (χ1n) is 5.69. The first-order valence-corrected chi connectivity index (χ1v) is 6.10. The number of hydrogen-bond donors (Lipinski definition) is 1. The van der Waals surface area contributed by atoms with Gasteiger partial charge in [0.2, 0.25) is 0 Å². The van der Waals surface area contributed by atoms with Crippen LogP contribution < -0.4 is 16.0 Å². The van der Waals surface area contributed by atoms with Crippen molar-refractivity contribution in [3.8, 4) is 17.0 Å². The lowest BCUT2D eigenvalue weighted by Gasteiger charge is -2.13. The minimum absolute atomic E-state index is 0.104. The van der Waals surface area contributed by atoms with E-state index in [1.807, 2.05) is 30.3 Å². The summed E-state index contributed by atoms with van der Waals surface area (Å²) in [5, 5.41) is 0. The van der Waals surface area contributed by atoms with Crippen molar-refractivity contribution in [2.45, 2.75) is 0 Å². The fraction of sp³-hybridized carbons (Fsp3) is 0.143. The van der Waals surface area contributed by atoms with Gasteiger partial charge in [-0.25, -0.2) is 0 Å². The number of benzene rings is 1. The normalized spacial score (nSPS) is 10.2. The number of ether oxygens (including phenoxy) is 1. The second-order valence-electron chi connectivity index (χ2n) is 4.06. The average Bonchev–Trinajstić information content (AvgIpc) is 2.41. The highest BCUT2D eigenvalue weighted by atomic mass is 32.1. The molecule has 1 aromatic carbocycles. The SMILES string of the molecule is COc1ccccc1-c1ccc(C(N)=S)c(=O)n1C. The highest BCUT2D eigenvalue weighted by molar-refractivity contribution is 7.80. The molecule has 2 rings (SSSR count). The van der Waals surface area contributed by atoms with Gasteiger partial charge in [0.1, 0.15) is 10.7 Å². The van der Waals surface area contributed by atoms with Crippen molar-refractivity contribution in [1.29, 1.82) is 0 Å². The second kappa shape index (κ2) is 5.24.